The molecule has 0 spiro atoms. The zero-order valence-electron chi connectivity index (χ0n) is 8.02. The Kier molecular flexibility index (Phi) is 1.92. The van der Waals surface area contributed by atoms with E-state index in [4.69, 9.17) is 4.74 Å². The summed E-state index contributed by atoms with van der Waals surface area (Å²) in [6.07, 6.45) is 0. The molecule has 0 saturated heterocycles. The summed E-state index contributed by atoms with van der Waals surface area (Å²) in [5, 5.41) is 0. The highest BCUT2D eigenvalue weighted by Crippen LogP contribution is 2.35. The monoisotopic (exact) mass is 213 g/mol. The van der Waals surface area contributed by atoms with Crippen molar-refractivity contribution >= 4 is 15.7 Å². The fraction of sp³-hybridized carbons (Fsp3) is 0.333. The second-order valence-electron chi connectivity index (χ2n) is 3.26. The highest BCUT2D eigenvalue weighted by Gasteiger charge is 2.28. The van der Waals surface area contributed by atoms with Crippen molar-refractivity contribution in [3.05, 3.63) is 23.8 Å². The average molecular weight is 213 g/mol. The summed E-state index contributed by atoms with van der Waals surface area (Å²) in [7, 11) is -1.74. The van der Waals surface area contributed by atoms with E-state index in [1.807, 2.05) is 19.1 Å². The molecule has 0 radical (unpaired) electrons. The van der Waals surface area contributed by atoms with E-state index in [0.29, 0.717) is 11.4 Å². The lowest BCUT2D eigenvalue weighted by Gasteiger charge is -2.28. The Morgan fingerprint density at radius 1 is 1.43 bits per heavy atom. The topological polar surface area (TPSA) is 46.6 Å². The van der Waals surface area contributed by atoms with E-state index < -0.39 is 10.0 Å². The molecular formula is C9H11NO3S. The molecule has 4 nitrogen and oxygen atoms in total. The van der Waals surface area contributed by atoms with Gasteiger partial charge in [-0.25, -0.2) is 8.42 Å². The van der Waals surface area contributed by atoms with Gasteiger partial charge in [-0.05, 0) is 18.6 Å². The van der Waals surface area contributed by atoms with E-state index in [9.17, 15) is 8.42 Å². The van der Waals surface area contributed by atoms with Gasteiger partial charge in [-0.2, -0.15) is 0 Å². The third-order valence-electron chi connectivity index (χ3n) is 2.30. The van der Waals surface area contributed by atoms with Crippen LogP contribution in [-0.4, -0.2) is 21.4 Å². The van der Waals surface area contributed by atoms with Crippen LogP contribution in [0.15, 0.2) is 18.2 Å². The first-order valence-electron chi connectivity index (χ1n) is 4.21. The molecule has 1 heterocycles. The first kappa shape index (κ1) is 9.33. The number of ether oxygens (including phenoxy) is 1. The molecule has 5 heteroatoms. The number of nitrogens with zero attached hydrogens (tertiary/aromatic N) is 1. The molecule has 0 saturated carbocycles. The number of anilines is 1. The Bertz CT molecular complexity index is 467. The van der Waals surface area contributed by atoms with Gasteiger partial charge in [0.2, 0.25) is 5.94 Å². The first-order valence-corrected chi connectivity index (χ1v) is 5.82. The standard InChI is InChI=1S/C9H11NO3S/c1-7-4-3-5-8-9(7)13-6-14(11,12)10(8)2/h3-5H,6H2,1-2H3. The van der Waals surface area contributed by atoms with Crippen molar-refractivity contribution in [3.63, 3.8) is 0 Å². The van der Waals surface area contributed by atoms with Crippen molar-refractivity contribution in [2.45, 2.75) is 6.92 Å². The van der Waals surface area contributed by atoms with Crippen LogP contribution in [0.5, 0.6) is 5.75 Å². The van der Waals surface area contributed by atoms with Crippen molar-refractivity contribution in [3.8, 4) is 5.75 Å². The van der Waals surface area contributed by atoms with Crippen molar-refractivity contribution < 1.29 is 13.2 Å². The van der Waals surface area contributed by atoms with Gasteiger partial charge in [0.15, 0.2) is 0 Å². The van der Waals surface area contributed by atoms with Gasteiger partial charge < -0.3 is 4.74 Å². The van der Waals surface area contributed by atoms with Crippen LogP contribution < -0.4 is 9.04 Å². The van der Waals surface area contributed by atoms with Crippen LogP contribution in [0, 0.1) is 6.92 Å². The maximum Gasteiger partial charge on any atom is 0.270 e. The van der Waals surface area contributed by atoms with Crippen LogP contribution in [0.4, 0.5) is 5.69 Å². The SMILES string of the molecule is Cc1cccc2c1OCS(=O)(=O)N2C. The van der Waals surface area contributed by atoms with Crippen molar-refractivity contribution in [2.24, 2.45) is 0 Å². The van der Waals surface area contributed by atoms with Gasteiger partial charge in [-0.1, -0.05) is 12.1 Å². The van der Waals surface area contributed by atoms with Crippen molar-refractivity contribution in [1.82, 2.24) is 0 Å². The summed E-state index contributed by atoms with van der Waals surface area (Å²) in [4.78, 5) is 0. The summed E-state index contributed by atoms with van der Waals surface area (Å²) >= 11 is 0. The Labute approximate surface area is 83.2 Å². The molecule has 0 atom stereocenters. The van der Waals surface area contributed by atoms with E-state index in [1.165, 1.54) is 11.4 Å². The number of fused-ring (bicyclic) bond motifs is 1. The van der Waals surface area contributed by atoms with E-state index in [2.05, 4.69) is 0 Å². The highest BCUT2D eigenvalue weighted by atomic mass is 32.2. The second-order valence-corrected chi connectivity index (χ2v) is 5.21. The van der Waals surface area contributed by atoms with Crippen LogP contribution in [0.3, 0.4) is 0 Å². The Morgan fingerprint density at radius 2 is 2.14 bits per heavy atom. The molecule has 1 aliphatic rings. The van der Waals surface area contributed by atoms with Gasteiger partial charge in [-0.15, -0.1) is 0 Å². The largest absolute Gasteiger partial charge is 0.473 e. The minimum Gasteiger partial charge on any atom is -0.473 e. The second kappa shape index (κ2) is 2.88. The predicted octanol–water partition coefficient (Wildman–Crippen LogP) is 1.11. The fourth-order valence-corrected chi connectivity index (χ4v) is 2.30. The average Bonchev–Trinajstić information content (AvgIpc) is 2.13. The van der Waals surface area contributed by atoms with Crippen LogP contribution in [0.2, 0.25) is 0 Å². The first-order chi connectivity index (χ1) is 6.52. The van der Waals surface area contributed by atoms with E-state index in [-0.39, 0.29) is 5.94 Å². The summed E-state index contributed by atoms with van der Waals surface area (Å²) in [6.45, 7) is 1.89. The molecule has 0 aromatic heterocycles. The van der Waals surface area contributed by atoms with Crippen LogP contribution in [0.25, 0.3) is 0 Å². The number of rotatable bonds is 0. The molecule has 1 aromatic rings. The highest BCUT2D eigenvalue weighted by molar-refractivity contribution is 7.92. The summed E-state index contributed by atoms with van der Waals surface area (Å²) in [5.74, 6) is 0.381. The summed E-state index contributed by atoms with van der Waals surface area (Å²) in [5.41, 5.74) is 1.56. The third kappa shape index (κ3) is 1.24. The minimum atomic E-state index is -3.28. The lowest BCUT2D eigenvalue weighted by atomic mass is 10.2. The molecule has 0 amide bonds. The van der Waals surface area contributed by atoms with Gasteiger partial charge in [0, 0.05) is 7.05 Å². The zero-order valence-corrected chi connectivity index (χ0v) is 8.84. The maximum absolute atomic E-state index is 11.5. The minimum absolute atomic E-state index is 0.276. The van der Waals surface area contributed by atoms with Gasteiger partial charge in [-0.3, -0.25) is 4.31 Å². The number of sulfonamides is 1. The summed E-state index contributed by atoms with van der Waals surface area (Å²) < 4.78 is 29.4. The third-order valence-corrected chi connectivity index (χ3v) is 3.75. The van der Waals surface area contributed by atoms with E-state index >= 15 is 0 Å². The number of hydrogen-bond acceptors (Lipinski definition) is 3. The molecule has 2 rings (SSSR count). The molecule has 76 valence electrons. The van der Waals surface area contributed by atoms with Gasteiger partial charge >= 0.3 is 0 Å². The molecule has 0 unspecified atom stereocenters. The maximum atomic E-state index is 11.5. The normalized spacial score (nSPS) is 18.6. The number of aryl methyl sites for hydroxylation is 1. The number of hydrogen-bond donors (Lipinski definition) is 0. The molecule has 0 bridgehead atoms. The Balaban J connectivity index is 2.63. The quantitative estimate of drug-likeness (QED) is 0.648. The molecule has 1 aromatic carbocycles. The molecular weight excluding hydrogens is 202 g/mol. The van der Waals surface area contributed by atoms with Crippen LogP contribution in [-0.2, 0) is 10.0 Å². The molecule has 0 N–H and O–H groups in total. The van der Waals surface area contributed by atoms with Crippen molar-refractivity contribution in [2.75, 3.05) is 17.3 Å². The van der Waals surface area contributed by atoms with E-state index in [0.717, 1.165) is 5.56 Å². The van der Waals surface area contributed by atoms with E-state index in [1.54, 1.807) is 6.07 Å². The fourth-order valence-electron chi connectivity index (χ4n) is 1.44. The zero-order chi connectivity index (χ0) is 10.3. The molecule has 0 aliphatic carbocycles. The van der Waals surface area contributed by atoms with Gasteiger partial charge in [0.25, 0.3) is 10.0 Å². The van der Waals surface area contributed by atoms with Crippen LogP contribution >= 0.6 is 0 Å². The van der Waals surface area contributed by atoms with Crippen molar-refractivity contribution in [1.29, 1.82) is 0 Å². The van der Waals surface area contributed by atoms with Crippen LogP contribution in [0.1, 0.15) is 5.56 Å². The Morgan fingerprint density at radius 3 is 2.86 bits per heavy atom. The lowest BCUT2D eigenvalue weighted by molar-refractivity contribution is 0.367. The predicted molar refractivity (Wildman–Crippen MR) is 54.0 cm³/mol. The molecule has 14 heavy (non-hydrogen) atoms. The lowest BCUT2D eigenvalue weighted by Crippen LogP contribution is -2.35. The summed E-state index contributed by atoms with van der Waals surface area (Å²) in [6, 6.07) is 5.44. The Hall–Kier alpha value is -1.23. The van der Waals surface area contributed by atoms with Gasteiger partial charge in [0.1, 0.15) is 5.75 Å². The number of benzene rings is 1. The smallest absolute Gasteiger partial charge is 0.270 e. The molecule has 1 aliphatic heterocycles. The number of para-hydroxylation sites is 1. The van der Waals surface area contributed by atoms with Gasteiger partial charge in [0.05, 0.1) is 5.69 Å². The molecule has 0 fully saturated rings.